The second-order valence-corrected chi connectivity index (χ2v) is 6.73. The minimum absolute atomic E-state index is 0.161. The van der Waals surface area contributed by atoms with Gasteiger partial charge in [-0.3, -0.25) is 0 Å². The number of unbranched alkanes of at least 4 members (excludes halogenated alkanes) is 3. The van der Waals surface area contributed by atoms with E-state index < -0.39 is 5.97 Å². The van der Waals surface area contributed by atoms with Crippen molar-refractivity contribution < 1.29 is 24.1 Å². The highest BCUT2D eigenvalue weighted by Crippen LogP contribution is 2.34. The van der Waals surface area contributed by atoms with Crippen LogP contribution < -0.4 is 0 Å². The maximum atomic E-state index is 13.5. The second kappa shape index (κ2) is 9.22. The third-order valence-electron chi connectivity index (χ3n) is 4.76. The van der Waals surface area contributed by atoms with Crippen LogP contribution in [-0.4, -0.2) is 22.8 Å². The van der Waals surface area contributed by atoms with Gasteiger partial charge in [0.25, 0.3) is 0 Å². The molecule has 5 heteroatoms. The van der Waals surface area contributed by atoms with E-state index >= 15 is 0 Å². The molecule has 2 N–H and O–H groups in total. The van der Waals surface area contributed by atoms with Crippen molar-refractivity contribution in [2.75, 3.05) is 6.61 Å². The fourth-order valence-corrected chi connectivity index (χ4v) is 3.22. The van der Waals surface area contributed by atoms with Gasteiger partial charge in [-0.1, -0.05) is 43.2 Å². The standard InChI is InChI=1S/C23H23FO4/c24-20-12-5-4-9-16(20)8-3-1-2-6-15-28-23(27)19-11-7-10-18-17(19)13-14-21(25)22(18)26/h4-5,7,9-14,25-26H,1-3,6,8,15H2. The molecule has 0 saturated heterocycles. The Hall–Kier alpha value is -3.08. The van der Waals surface area contributed by atoms with Gasteiger partial charge < -0.3 is 14.9 Å². The molecule has 28 heavy (non-hydrogen) atoms. The summed E-state index contributed by atoms with van der Waals surface area (Å²) in [4.78, 5) is 12.4. The van der Waals surface area contributed by atoms with E-state index in [1.54, 1.807) is 36.4 Å². The molecule has 0 aromatic heterocycles. The first-order valence-electron chi connectivity index (χ1n) is 9.42. The number of fused-ring (bicyclic) bond motifs is 1. The van der Waals surface area contributed by atoms with Gasteiger partial charge in [-0.25, -0.2) is 9.18 Å². The zero-order valence-electron chi connectivity index (χ0n) is 15.5. The lowest BCUT2D eigenvalue weighted by Gasteiger charge is -2.09. The van der Waals surface area contributed by atoms with E-state index in [4.69, 9.17) is 4.74 Å². The summed E-state index contributed by atoms with van der Waals surface area (Å²) in [6.07, 6.45) is 4.17. The van der Waals surface area contributed by atoms with E-state index in [2.05, 4.69) is 0 Å². The molecule has 0 spiro atoms. The van der Waals surface area contributed by atoms with Crippen LogP contribution in [0, 0.1) is 5.82 Å². The fourth-order valence-electron chi connectivity index (χ4n) is 3.22. The molecule has 0 fully saturated rings. The van der Waals surface area contributed by atoms with Crippen LogP contribution in [0.5, 0.6) is 11.5 Å². The SMILES string of the molecule is O=C(OCCCCCCc1ccccc1F)c1cccc2c(O)c(O)ccc12. The molecular formula is C23H23FO4. The lowest BCUT2D eigenvalue weighted by atomic mass is 10.0. The van der Waals surface area contributed by atoms with Crippen LogP contribution in [0.15, 0.2) is 54.6 Å². The number of hydrogen-bond acceptors (Lipinski definition) is 4. The molecule has 0 heterocycles. The molecule has 3 rings (SSSR count). The minimum atomic E-state index is -0.456. The lowest BCUT2D eigenvalue weighted by Crippen LogP contribution is -2.07. The number of ether oxygens (including phenoxy) is 1. The maximum Gasteiger partial charge on any atom is 0.338 e. The van der Waals surface area contributed by atoms with E-state index in [0.717, 1.165) is 31.2 Å². The molecule has 0 amide bonds. The molecule has 0 saturated carbocycles. The van der Waals surface area contributed by atoms with Crippen molar-refractivity contribution in [1.29, 1.82) is 0 Å². The third-order valence-corrected chi connectivity index (χ3v) is 4.76. The summed E-state index contributed by atoms with van der Waals surface area (Å²) in [5, 5.41) is 20.5. The van der Waals surface area contributed by atoms with Gasteiger partial charge in [0, 0.05) is 10.8 Å². The second-order valence-electron chi connectivity index (χ2n) is 6.73. The molecule has 0 unspecified atom stereocenters. The number of phenolic OH excluding ortho intramolecular Hbond substituents is 2. The van der Waals surface area contributed by atoms with Crippen molar-refractivity contribution >= 4 is 16.7 Å². The first-order valence-corrected chi connectivity index (χ1v) is 9.42. The molecule has 146 valence electrons. The molecule has 0 bridgehead atoms. The highest BCUT2D eigenvalue weighted by molar-refractivity contribution is 6.06. The minimum Gasteiger partial charge on any atom is -0.504 e. The molecule has 4 nitrogen and oxygen atoms in total. The highest BCUT2D eigenvalue weighted by Gasteiger charge is 2.14. The van der Waals surface area contributed by atoms with Crippen molar-refractivity contribution in [3.8, 4) is 11.5 Å². The van der Waals surface area contributed by atoms with Gasteiger partial charge in [0.1, 0.15) is 5.82 Å². The molecular weight excluding hydrogens is 359 g/mol. The van der Waals surface area contributed by atoms with Gasteiger partial charge in [0.2, 0.25) is 0 Å². The van der Waals surface area contributed by atoms with E-state index in [-0.39, 0.29) is 17.3 Å². The van der Waals surface area contributed by atoms with Crippen molar-refractivity contribution in [3.05, 3.63) is 71.5 Å². The number of rotatable bonds is 8. The number of carbonyl (C=O) groups is 1. The van der Waals surface area contributed by atoms with Crippen LogP contribution in [0.3, 0.4) is 0 Å². The highest BCUT2D eigenvalue weighted by atomic mass is 19.1. The Balaban J connectivity index is 1.44. The number of aromatic hydroxyl groups is 2. The summed E-state index contributed by atoms with van der Waals surface area (Å²) in [6.45, 7) is 0.305. The summed E-state index contributed by atoms with van der Waals surface area (Å²) in [6, 6.07) is 14.7. The van der Waals surface area contributed by atoms with Crippen molar-refractivity contribution in [1.82, 2.24) is 0 Å². The van der Waals surface area contributed by atoms with Gasteiger partial charge in [-0.2, -0.15) is 0 Å². The lowest BCUT2D eigenvalue weighted by molar-refractivity contribution is 0.0500. The Bertz CT molecular complexity index is 968. The Morgan fingerprint density at radius 2 is 1.64 bits per heavy atom. The number of hydrogen-bond donors (Lipinski definition) is 2. The van der Waals surface area contributed by atoms with E-state index in [0.29, 0.717) is 29.4 Å². The summed E-state index contributed by atoms with van der Waals surface area (Å²) in [7, 11) is 0. The summed E-state index contributed by atoms with van der Waals surface area (Å²) < 4.78 is 18.9. The van der Waals surface area contributed by atoms with Gasteiger partial charge in [-0.05, 0) is 49.1 Å². The molecule has 0 aliphatic rings. The molecule has 0 aliphatic heterocycles. The van der Waals surface area contributed by atoms with Gasteiger partial charge in [0.15, 0.2) is 11.5 Å². The van der Waals surface area contributed by atoms with Gasteiger partial charge in [0.05, 0.1) is 12.2 Å². The van der Waals surface area contributed by atoms with E-state index in [9.17, 15) is 19.4 Å². The molecule has 3 aromatic carbocycles. The zero-order chi connectivity index (χ0) is 19.9. The van der Waals surface area contributed by atoms with Crippen LogP contribution >= 0.6 is 0 Å². The fraction of sp³-hybridized carbons (Fsp3) is 0.261. The Morgan fingerprint density at radius 1 is 0.857 bits per heavy atom. The predicted molar refractivity (Wildman–Crippen MR) is 106 cm³/mol. The Morgan fingerprint density at radius 3 is 2.46 bits per heavy atom. The Kier molecular flexibility index (Phi) is 6.48. The number of phenols is 2. The van der Waals surface area contributed by atoms with Crippen LogP contribution in [0.4, 0.5) is 4.39 Å². The van der Waals surface area contributed by atoms with Gasteiger partial charge in [-0.15, -0.1) is 0 Å². The normalized spacial score (nSPS) is 10.9. The van der Waals surface area contributed by atoms with Crippen LogP contribution in [0.25, 0.3) is 10.8 Å². The predicted octanol–water partition coefficient (Wildman–Crippen LogP) is 5.35. The van der Waals surface area contributed by atoms with Crippen molar-refractivity contribution in [2.45, 2.75) is 32.1 Å². The topological polar surface area (TPSA) is 66.8 Å². The third kappa shape index (κ3) is 4.60. The number of halogens is 1. The number of aryl methyl sites for hydroxylation is 1. The molecule has 3 aromatic rings. The Labute approximate surface area is 163 Å². The summed E-state index contributed by atoms with van der Waals surface area (Å²) in [5.41, 5.74) is 1.09. The number of carbonyl (C=O) groups excluding carboxylic acids is 1. The first kappa shape index (κ1) is 19.7. The summed E-state index contributed by atoms with van der Waals surface area (Å²) >= 11 is 0. The summed E-state index contributed by atoms with van der Waals surface area (Å²) in [5.74, 6) is -1.09. The van der Waals surface area contributed by atoms with E-state index in [1.165, 1.54) is 12.1 Å². The van der Waals surface area contributed by atoms with E-state index in [1.807, 2.05) is 6.07 Å². The molecule has 0 atom stereocenters. The number of benzene rings is 3. The zero-order valence-corrected chi connectivity index (χ0v) is 15.5. The molecule has 0 aliphatic carbocycles. The largest absolute Gasteiger partial charge is 0.504 e. The number of esters is 1. The van der Waals surface area contributed by atoms with Crippen molar-refractivity contribution in [2.24, 2.45) is 0 Å². The average Bonchev–Trinajstić information content (AvgIpc) is 2.71. The van der Waals surface area contributed by atoms with Crippen molar-refractivity contribution in [3.63, 3.8) is 0 Å². The quantitative estimate of drug-likeness (QED) is 0.313. The van der Waals surface area contributed by atoms with Crippen LogP contribution in [-0.2, 0) is 11.2 Å². The maximum absolute atomic E-state index is 13.5. The van der Waals surface area contributed by atoms with Crippen LogP contribution in [0.2, 0.25) is 0 Å². The average molecular weight is 382 g/mol. The smallest absolute Gasteiger partial charge is 0.338 e. The monoisotopic (exact) mass is 382 g/mol. The molecule has 0 radical (unpaired) electrons. The first-order chi connectivity index (χ1) is 13.6. The van der Waals surface area contributed by atoms with Gasteiger partial charge >= 0.3 is 5.97 Å². The van der Waals surface area contributed by atoms with Crippen LogP contribution in [0.1, 0.15) is 41.6 Å².